The number of thiophene rings is 1. The SMILES string of the molecule is OCCOCOCC(F)(F)OC(F)(F)COCC(O)CCOCCc1cccs1. The number of halogens is 4. The van der Waals surface area contributed by atoms with Crippen LogP contribution in [0.5, 0.6) is 0 Å². The van der Waals surface area contributed by atoms with E-state index in [1.54, 1.807) is 11.3 Å². The van der Waals surface area contributed by atoms with Crippen molar-refractivity contribution in [2.24, 2.45) is 0 Å². The predicted octanol–water partition coefficient (Wildman–Crippen LogP) is 2.26. The molecule has 1 aromatic heterocycles. The number of rotatable bonds is 18. The van der Waals surface area contributed by atoms with Crippen LogP contribution in [0.15, 0.2) is 17.5 Å². The summed E-state index contributed by atoms with van der Waals surface area (Å²) in [5, 5.41) is 20.0. The van der Waals surface area contributed by atoms with Gasteiger partial charge in [0.15, 0.2) is 0 Å². The van der Waals surface area contributed by atoms with Gasteiger partial charge in [0, 0.05) is 17.9 Å². The number of aliphatic hydroxyl groups excluding tert-OH is 2. The predicted molar refractivity (Wildman–Crippen MR) is 95.1 cm³/mol. The van der Waals surface area contributed by atoms with E-state index < -0.39 is 44.9 Å². The molecule has 0 aromatic carbocycles. The van der Waals surface area contributed by atoms with Gasteiger partial charge in [0.05, 0.1) is 32.5 Å². The Kier molecular flexibility index (Phi) is 12.8. The van der Waals surface area contributed by atoms with Crippen LogP contribution in [0.25, 0.3) is 0 Å². The lowest BCUT2D eigenvalue weighted by atomic mass is 10.3. The van der Waals surface area contributed by atoms with Gasteiger partial charge in [-0.15, -0.1) is 11.3 Å². The third-order valence-electron chi connectivity index (χ3n) is 3.22. The average Bonchev–Trinajstić information content (AvgIpc) is 3.13. The number of ether oxygens (including phenoxy) is 5. The first-order valence-corrected chi connectivity index (χ1v) is 9.70. The third-order valence-corrected chi connectivity index (χ3v) is 4.16. The van der Waals surface area contributed by atoms with Crippen molar-refractivity contribution in [3.8, 4) is 0 Å². The summed E-state index contributed by atoms with van der Waals surface area (Å²) < 4.78 is 75.7. The van der Waals surface area contributed by atoms with Crippen molar-refractivity contribution in [1.29, 1.82) is 0 Å². The number of hydrogen-bond donors (Lipinski definition) is 2. The van der Waals surface area contributed by atoms with Crippen LogP contribution in [0.1, 0.15) is 11.3 Å². The van der Waals surface area contributed by atoms with Crippen LogP contribution in [-0.4, -0.2) is 81.6 Å². The molecule has 12 heteroatoms. The van der Waals surface area contributed by atoms with Crippen molar-refractivity contribution in [3.63, 3.8) is 0 Å². The van der Waals surface area contributed by atoms with Gasteiger partial charge in [0.1, 0.15) is 20.0 Å². The summed E-state index contributed by atoms with van der Waals surface area (Å²) in [6, 6.07) is 3.90. The lowest BCUT2D eigenvalue weighted by molar-refractivity contribution is -0.396. The Bertz CT molecular complexity index is 520. The van der Waals surface area contributed by atoms with Gasteiger partial charge < -0.3 is 29.2 Å². The maximum absolute atomic E-state index is 13.4. The molecule has 170 valence electrons. The molecule has 0 saturated heterocycles. The zero-order chi connectivity index (χ0) is 21.6. The maximum atomic E-state index is 13.4. The van der Waals surface area contributed by atoms with Gasteiger partial charge in [-0.3, -0.25) is 4.74 Å². The molecule has 0 aliphatic carbocycles. The Morgan fingerprint density at radius 2 is 1.69 bits per heavy atom. The van der Waals surface area contributed by atoms with Crippen molar-refractivity contribution in [2.45, 2.75) is 31.2 Å². The summed E-state index contributed by atoms with van der Waals surface area (Å²) >= 11 is 1.60. The van der Waals surface area contributed by atoms with Crippen molar-refractivity contribution in [3.05, 3.63) is 22.4 Å². The normalized spacial score (nSPS) is 13.7. The lowest BCUT2D eigenvalue weighted by Gasteiger charge is -2.24. The van der Waals surface area contributed by atoms with Crippen LogP contribution < -0.4 is 0 Å². The minimum Gasteiger partial charge on any atom is -0.394 e. The van der Waals surface area contributed by atoms with Gasteiger partial charge in [-0.05, 0) is 17.9 Å². The molecular weight excluding hydrogens is 424 g/mol. The van der Waals surface area contributed by atoms with E-state index >= 15 is 0 Å². The second-order valence-corrected chi connectivity index (χ2v) is 6.91. The van der Waals surface area contributed by atoms with Crippen LogP contribution in [0, 0.1) is 0 Å². The van der Waals surface area contributed by atoms with Crippen molar-refractivity contribution in [2.75, 3.05) is 53.0 Å². The van der Waals surface area contributed by atoms with Crippen LogP contribution in [0.3, 0.4) is 0 Å². The van der Waals surface area contributed by atoms with Crippen LogP contribution in [0.2, 0.25) is 0 Å². The second kappa shape index (κ2) is 14.2. The van der Waals surface area contributed by atoms with Crippen LogP contribution in [0.4, 0.5) is 17.6 Å². The summed E-state index contributed by atoms with van der Waals surface area (Å²) in [5.41, 5.74) is 0. The molecule has 7 nitrogen and oxygen atoms in total. The van der Waals surface area contributed by atoms with E-state index in [0.29, 0.717) is 6.61 Å². The van der Waals surface area contributed by atoms with Gasteiger partial charge >= 0.3 is 12.2 Å². The topological polar surface area (TPSA) is 86.6 Å². The first-order chi connectivity index (χ1) is 13.7. The maximum Gasteiger partial charge on any atom is 0.383 e. The molecule has 1 heterocycles. The molecule has 0 aliphatic heterocycles. The van der Waals surface area contributed by atoms with Crippen molar-refractivity contribution >= 4 is 11.3 Å². The van der Waals surface area contributed by atoms with E-state index in [-0.39, 0.29) is 26.2 Å². The van der Waals surface area contributed by atoms with Gasteiger partial charge in [-0.25, -0.2) is 0 Å². The minimum absolute atomic E-state index is 0.140. The fourth-order valence-electron chi connectivity index (χ4n) is 1.97. The van der Waals surface area contributed by atoms with Gasteiger partial charge in [-0.1, -0.05) is 6.07 Å². The van der Waals surface area contributed by atoms with Gasteiger partial charge in [0.25, 0.3) is 0 Å². The molecule has 1 atom stereocenters. The molecule has 0 aliphatic rings. The number of hydrogen-bond acceptors (Lipinski definition) is 8. The Hall–Kier alpha value is -0.860. The largest absolute Gasteiger partial charge is 0.394 e. The first-order valence-electron chi connectivity index (χ1n) is 8.82. The number of alkyl halides is 4. The molecule has 1 unspecified atom stereocenters. The van der Waals surface area contributed by atoms with Crippen LogP contribution >= 0.6 is 11.3 Å². The average molecular weight is 450 g/mol. The Morgan fingerprint density at radius 1 is 0.966 bits per heavy atom. The summed E-state index contributed by atoms with van der Waals surface area (Å²) in [7, 11) is 0. The fraction of sp³-hybridized carbons (Fsp3) is 0.765. The van der Waals surface area contributed by atoms with E-state index in [1.807, 2.05) is 17.5 Å². The molecular formula is C17H26F4O7S. The van der Waals surface area contributed by atoms with Crippen molar-refractivity contribution in [1.82, 2.24) is 0 Å². The molecule has 0 saturated carbocycles. The van der Waals surface area contributed by atoms with Gasteiger partial charge in [-0.2, -0.15) is 17.6 Å². The van der Waals surface area contributed by atoms with E-state index in [4.69, 9.17) is 9.84 Å². The van der Waals surface area contributed by atoms with E-state index in [1.165, 1.54) is 0 Å². The molecule has 0 fully saturated rings. The second-order valence-electron chi connectivity index (χ2n) is 5.87. The summed E-state index contributed by atoms with van der Waals surface area (Å²) in [4.78, 5) is 1.16. The fourth-order valence-corrected chi connectivity index (χ4v) is 2.66. The summed E-state index contributed by atoms with van der Waals surface area (Å²) in [5.74, 6) is 0. The van der Waals surface area contributed by atoms with Crippen LogP contribution in [-0.2, 0) is 30.1 Å². The van der Waals surface area contributed by atoms with E-state index in [0.717, 1.165) is 11.3 Å². The minimum atomic E-state index is -4.28. The van der Waals surface area contributed by atoms with Crippen molar-refractivity contribution < 1.29 is 51.5 Å². The Balaban J connectivity index is 2.10. The molecule has 1 aromatic rings. The first kappa shape index (κ1) is 26.2. The third kappa shape index (κ3) is 13.9. The lowest BCUT2D eigenvalue weighted by Crippen LogP contribution is -2.40. The smallest absolute Gasteiger partial charge is 0.383 e. The molecule has 0 bridgehead atoms. The molecule has 0 amide bonds. The highest BCUT2D eigenvalue weighted by atomic mass is 32.1. The molecule has 0 radical (unpaired) electrons. The Morgan fingerprint density at radius 3 is 2.34 bits per heavy atom. The zero-order valence-corrected chi connectivity index (χ0v) is 16.6. The highest BCUT2D eigenvalue weighted by Gasteiger charge is 2.44. The highest BCUT2D eigenvalue weighted by Crippen LogP contribution is 2.27. The number of aliphatic hydroxyl groups is 2. The summed E-state index contributed by atoms with van der Waals surface area (Å²) in [6.07, 6.45) is -8.76. The highest BCUT2D eigenvalue weighted by molar-refractivity contribution is 7.09. The molecule has 2 N–H and O–H groups in total. The monoisotopic (exact) mass is 450 g/mol. The molecule has 0 spiro atoms. The molecule has 1 rings (SSSR count). The quantitative estimate of drug-likeness (QED) is 0.202. The standard InChI is InChI=1S/C17H26F4O7S/c18-16(19,28-17(20,21)12-27-13-25-8-5-22)11-26-10-14(23)3-6-24-7-4-15-2-1-9-29-15/h1-2,9,14,22-23H,3-8,10-13H2. The zero-order valence-electron chi connectivity index (χ0n) is 15.7. The Labute approximate surface area is 170 Å². The summed E-state index contributed by atoms with van der Waals surface area (Å²) in [6.45, 7) is -3.82. The molecule has 29 heavy (non-hydrogen) atoms. The van der Waals surface area contributed by atoms with E-state index in [2.05, 4.69) is 18.9 Å². The van der Waals surface area contributed by atoms with Gasteiger partial charge in [0.2, 0.25) is 0 Å². The van der Waals surface area contributed by atoms with E-state index in [9.17, 15) is 22.7 Å².